The maximum Gasteiger partial charge on any atom is 0.323 e. The smallest absolute Gasteiger partial charge is 0.323 e. The molecule has 8 heteroatoms. The Kier molecular flexibility index (Phi) is 4.31. The van der Waals surface area contributed by atoms with E-state index in [1.54, 1.807) is 4.90 Å². The van der Waals surface area contributed by atoms with Gasteiger partial charge in [0.15, 0.2) is 11.7 Å². The third-order valence-corrected chi connectivity index (χ3v) is 4.86. The molecule has 0 fully saturated rings. The van der Waals surface area contributed by atoms with Gasteiger partial charge in [-0.15, -0.1) is 0 Å². The van der Waals surface area contributed by atoms with Gasteiger partial charge in [-0.3, -0.25) is 0 Å². The van der Waals surface area contributed by atoms with Crippen LogP contribution in [0.2, 0.25) is 0 Å². The summed E-state index contributed by atoms with van der Waals surface area (Å²) in [4.78, 5) is 29.3. The zero-order valence-electron chi connectivity index (χ0n) is 16.9. The van der Waals surface area contributed by atoms with E-state index in [0.717, 1.165) is 22.3 Å². The molecular weight excluding hydrogens is 378 g/mol. The lowest BCUT2D eigenvalue weighted by Crippen LogP contribution is -2.48. The summed E-state index contributed by atoms with van der Waals surface area (Å²) in [5.74, 6) is 2.31. The molecular formula is C22H19N7O. The molecule has 0 N–H and O–H groups in total. The average molecular weight is 397 g/mol. The van der Waals surface area contributed by atoms with E-state index < -0.39 is 0 Å². The largest absolute Gasteiger partial charge is 0.464 e. The fourth-order valence-corrected chi connectivity index (χ4v) is 3.35. The van der Waals surface area contributed by atoms with Crippen LogP contribution in [0.1, 0.15) is 29.2 Å². The molecule has 8 nitrogen and oxygen atoms in total. The molecule has 0 atom stereocenters. The first-order valence-corrected chi connectivity index (χ1v) is 9.71. The number of amidine groups is 3. The van der Waals surface area contributed by atoms with Crippen LogP contribution < -0.4 is 0 Å². The highest BCUT2D eigenvalue weighted by Gasteiger charge is 2.36. The first kappa shape index (κ1) is 18.1. The molecule has 30 heavy (non-hydrogen) atoms. The number of aryl methyl sites for hydroxylation is 2. The predicted molar refractivity (Wildman–Crippen MR) is 119 cm³/mol. The Bertz CT molecular complexity index is 1190. The molecule has 0 radical (unpaired) electrons. The Morgan fingerprint density at radius 2 is 1.17 bits per heavy atom. The van der Waals surface area contributed by atoms with E-state index in [1.165, 1.54) is 0 Å². The highest BCUT2D eigenvalue weighted by Crippen LogP contribution is 2.23. The van der Waals surface area contributed by atoms with Crippen molar-refractivity contribution < 1.29 is 4.74 Å². The molecule has 148 valence electrons. The van der Waals surface area contributed by atoms with Gasteiger partial charge in [-0.05, 0) is 31.9 Å². The summed E-state index contributed by atoms with van der Waals surface area (Å²) in [5.41, 5.74) is 3.97. The molecule has 2 aromatic carbocycles. The predicted octanol–water partition coefficient (Wildman–Crippen LogP) is 3.30. The van der Waals surface area contributed by atoms with Crippen LogP contribution in [-0.2, 0) is 4.74 Å². The normalized spacial score (nSPS) is 17.1. The van der Waals surface area contributed by atoms with Gasteiger partial charge in [-0.2, -0.15) is 30.0 Å². The zero-order chi connectivity index (χ0) is 20.7. The molecule has 0 unspecified atom stereocenters. The van der Waals surface area contributed by atoms with Gasteiger partial charge in [0, 0.05) is 11.1 Å². The fourth-order valence-electron chi connectivity index (χ4n) is 3.35. The Labute approximate surface area is 173 Å². The highest BCUT2D eigenvalue weighted by molar-refractivity contribution is 6.32. The summed E-state index contributed by atoms with van der Waals surface area (Å²) in [7, 11) is 0. The summed E-state index contributed by atoms with van der Waals surface area (Å²) in [6, 6.07) is 16.1. The third kappa shape index (κ3) is 3.02. The van der Waals surface area contributed by atoms with Crippen LogP contribution in [0.3, 0.4) is 0 Å². The lowest BCUT2D eigenvalue weighted by atomic mass is 10.1. The summed E-state index contributed by atoms with van der Waals surface area (Å²) in [6.45, 7) is 6.37. The number of nitrogens with zero attached hydrogens (tertiary/aromatic N) is 7. The molecule has 0 amide bonds. The zero-order valence-corrected chi connectivity index (χ0v) is 16.9. The second kappa shape index (κ2) is 7.14. The van der Waals surface area contributed by atoms with Gasteiger partial charge in [-0.1, -0.05) is 48.5 Å². The fraction of sp³-hybridized carbons (Fsp3) is 0.182. The van der Waals surface area contributed by atoms with Crippen LogP contribution in [0.5, 0.6) is 0 Å². The molecule has 3 heterocycles. The van der Waals surface area contributed by atoms with Crippen molar-refractivity contribution in [3.05, 3.63) is 70.8 Å². The minimum Gasteiger partial charge on any atom is -0.464 e. The van der Waals surface area contributed by atoms with Gasteiger partial charge in [-0.25, -0.2) is 4.90 Å². The molecule has 0 saturated carbocycles. The van der Waals surface area contributed by atoms with Crippen LogP contribution in [0.25, 0.3) is 0 Å². The molecule has 2 aromatic rings. The molecule has 0 spiro atoms. The van der Waals surface area contributed by atoms with Gasteiger partial charge < -0.3 is 4.74 Å². The van der Waals surface area contributed by atoms with Crippen LogP contribution in [0.15, 0.2) is 78.5 Å². The highest BCUT2D eigenvalue weighted by atomic mass is 16.5. The van der Waals surface area contributed by atoms with Gasteiger partial charge >= 0.3 is 6.02 Å². The Hall–Kier alpha value is -3.94. The maximum absolute atomic E-state index is 5.56. The number of aliphatic imine (C=N–C) groups is 6. The number of benzene rings is 2. The number of guanidine groups is 3. The van der Waals surface area contributed by atoms with E-state index in [-0.39, 0.29) is 6.02 Å². The van der Waals surface area contributed by atoms with E-state index in [1.807, 2.05) is 69.3 Å². The summed E-state index contributed by atoms with van der Waals surface area (Å²) >= 11 is 0. The first-order valence-electron chi connectivity index (χ1n) is 9.71. The molecule has 0 aliphatic carbocycles. The molecule has 3 aliphatic heterocycles. The maximum atomic E-state index is 5.56. The van der Waals surface area contributed by atoms with Crippen molar-refractivity contribution in [3.8, 4) is 0 Å². The van der Waals surface area contributed by atoms with Crippen LogP contribution >= 0.6 is 0 Å². The van der Waals surface area contributed by atoms with Crippen molar-refractivity contribution in [2.24, 2.45) is 30.0 Å². The van der Waals surface area contributed by atoms with Crippen LogP contribution in [0.4, 0.5) is 0 Å². The quantitative estimate of drug-likeness (QED) is 0.796. The van der Waals surface area contributed by atoms with E-state index >= 15 is 0 Å². The minimum atomic E-state index is 0.225. The standard InChI is InChI=1S/C22H19N7O/c1-4-30-22-27-20-25-17(15-11-7-5-9-13(15)2)23-19-24-18(26-21(28-22)29(19)20)16-12-8-6-10-14(16)3/h5-12H,4H2,1-3H3. The Morgan fingerprint density at radius 1 is 0.667 bits per heavy atom. The molecule has 0 aromatic heterocycles. The average Bonchev–Trinajstić information content (AvgIpc) is 2.74. The summed E-state index contributed by atoms with van der Waals surface area (Å²) in [5, 5.41) is 0. The Morgan fingerprint density at radius 3 is 1.70 bits per heavy atom. The topological polar surface area (TPSA) is 86.6 Å². The molecule has 3 aliphatic rings. The van der Waals surface area contributed by atoms with Crippen molar-refractivity contribution in [2.75, 3.05) is 6.61 Å². The van der Waals surface area contributed by atoms with Crippen molar-refractivity contribution in [2.45, 2.75) is 20.8 Å². The number of hydrogen-bond donors (Lipinski definition) is 0. The van der Waals surface area contributed by atoms with Crippen LogP contribution in [-0.4, -0.2) is 47.1 Å². The van der Waals surface area contributed by atoms with E-state index in [4.69, 9.17) is 14.7 Å². The molecule has 5 rings (SSSR count). The SMILES string of the molecule is CCOC1=NC2=NC(c3ccccc3C)=NC3=NC(c4ccccc4C)=NC(=N1)N23. The summed E-state index contributed by atoms with van der Waals surface area (Å²) < 4.78 is 5.56. The van der Waals surface area contributed by atoms with E-state index in [2.05, 4.69) is 20.0 Å². The first-order chi connectivity index (χ1) is 14.6. The van der Waals surface area contributed by atoms with Crippen molar-refractivity contribution >= 4 is 35.6 Å². The van der Waals surface area contributed by atoms with Gasteiger partial charge in [0.2, 0.25) is 17.9 Å². The number of ether oxygens (including phenoxy) is 1. The second-order valence-electron chi connectivity index (χ2n) is 6.90. The summed E-state index contributed by atoms with van der Waals surface area (Å²) in [6.07, 6.45) is 0. The minimum absolute atomic E-state index is 0.225. The molecule has 0 bridgehead atoms. The number of hydrogen-bond acceptors (Lipinski definition) is 8. The van der Waals surface area contributed by atoms with Gasteiger partial charge in [0.1, 0.15) is 0 Å². The van der Waals surface area contributed by atoms with Crippen molar-refractivity contribution in [1.82, 2.24) is 4.90 Å². The number of rotatable bonds is 3. The van der Waals surface area contributed by atoms with E-state index in [0.29, 0.717) is 36.2 Å². The lowest BCUT2D eigenvalue weighted by Gasteiger charge is -2.30. The monoisotopic (exact) mass is 397 g/mol. The van der Waals surface area contributed by atoms with Crippen molar-refractivity contribution in [3.63, 3.8) is 0 Å². The van der Waals surface area contributed by atoms with Crippen LogP contribution in [0, 0.1) is 13.8 Å². The Balaban J connectivity index is 1.70. The van der Waals surface area contributed by atoms with Gasteiger partial charge in [0.25, 0.3) is 0 Å². The second-order valence-corrected chi connectivity index (χ2v) is 6.90. The van der Waals surface area contributed by atoms with E-state index in [9.17, 15) is 0 Å². The molecule has 0 saturated heterocycles. The third-order valence-electron chi connectivity index (χ3n) is 4.86. The van der Waals surface area contributed by atoms with Gasteiger partial charge in [0.05, 0.1) is 6.61 Å². The lowest BCUT2D eigenvalue weighted by molar-refractivity contribution is 0.321. The van der Waals surface area contributed by atoms with Crippen molar-refractivity contribution in [1.29, 1.82) is 0 Å².